The zero-order valence-corrected chi connectivity index (χ0v) is 11.5. The van der Waals surface area contributed by atoms with E-state index in [4.69, 9.17) is 10.7 Å². The van der Waals surface area contributed by atoms with E-state index in [2.05, 4.69) is 23.5 Å². The van der Waals surface area contributed by atoms with Crippen molar-refractivity contribution in [1.82, 2.24) is 10.3 Å². The van der Waals surface area contributed by atoms with Crippen molar-refractivity contribution in [2.45, 2.75) is 44.4 Å². The van der Waals surface area contributed by atoms with Crippen LogP contribution in [-0.4, -0.2) is 18.1 Å². The molecule has 1 saturated heterocycles. The molecule has 0 aromatic carbocycles. The van der Waals surface area contributed by atoms with Gasteiger partial charge in [-0.3, -0.25) is 4.98 Å². The Morgan fingerprint density at radius 3 is 2.74 bits per heavy atom. The molecule has 1 aliphatic carbocycles. The van der Waals surface area contributed by atoms with Crippen LogP contribution in [0.25, 0.3) is 5.57 Å². The topological polar surface area (TPSA) is 50.9 Å². The van der Waals surface area contributed by atoms with Crippen LogP contribution in [-0.2, 0) is 0 Å². The number of hydrogen-bond donors (Lipinski definition) is 2. The van der Waals surface area contributed by atoms with Crippen LogP contribution < -0.4 is 11.1 Å². The molecule has 3 nitrogen and oxygen atoms in total. The van der Waals surface area contributed by atoms with Gasteiger partial charge in [-0.1, -0.05) is 6.08 Å². The highest BCUT2D eigenvalue weighted by Gasteiger charge is 2.18. The van der Waals surface area contributed by atoms with Crippen LogP contribution in [0.3, 0.4) is 0 Å². The molecule has 1 aromatic heterocycles. The average Bonchev–Trinajstić information content (AvgIpc) is 2.49. The second-order valence-electron chi connectivity index (χ2n) is 5.67. The summed E-state index contributed by atoms with van der Waals surface area (Å²) in [4.78, 5) is 4.90. The largest absolute Gasteiger partial charge is 0.397 e. The third kappa shape index (κ3) is 2.81. The normalized spacial score (nSPS) is 21.2. The van der Waals surface area contributed by atoms with Gasteiger partial charge in [-0.25, -0.2) is 0 Å². The first-order valence-corrected chi connectivity index (χ1v) is 7.51. The smallest absolute Gasteiger partial charge is 0.0891 e. The van der Waals surface area contributed by atoms with Crippen LogP contribution in [0.1, 0.15) is 55.8 Å². The molecule has 3 rings (SSSR count). The number of rotatable bonds is 2. The molecular weight excluding hydrogens is 234 g/mol. The number of nitrogen functional groups attached to an aromatic ring is 1. The Morgan fingerprint density at radius 2 is 2.00 bits per heavy atom. The summed E-state index contributed by atoms with van der Waals surface area (Å²) >= 11 is 0. The van der Waals surface area contributed by atoms with Gasteiger partial charge < -0.3 is 11.1 Å². The number of hydrogen-bond acceptors (Lipinski definition) is 3. The Kier molecular flexibility index (Phi) is 3.83. The van der Waals surface area contributed by atoms with Gasteiger partial charge in [-0.05, 0) is 69.3 Å². The lowest BCUT2D eigenvalue weighted by atomic mass is 9.92. The molecule has 2 heterocycles. The van der Waals surface area contributed by atoms with Crippen molar-refractivity contribution in [2.75, 3.05) is 18.8 Å². The Bertz CT molecular complexity index is 473. The van der Waals surface area contributed by atoms with Crippen molar-refractivity contribution in [2.24, 2.45) is 0 Å². The maximum absolute atomic E-state index is 6.13. The average molecular weight is 257 g/mol. The van der Waals surface area contributed by atoms with Crippen LogP contribution in [0.5, 0.6) is 0 Å². The van der Waals surface area contributed by atoms with E-state index in [9.17, 15) is 0 Å². The highest BCUT2D eigenvalue weighted by molar-refractivity contribution is 5.72. The second-order valence-corrected chi connectivity index (χ2v) is 5.67. The minimum Gasteiger partial charge on any atom is -0.397 e. The molecular formula is C16H23N3. The number of nitrogens with two attached hydrogens (primary N) is 1. The van der Waals surface area contributed by atoms with Crippen molar-refractivity contribution in [3.05, 3.63) is 29.6 Å². The van der Waals surface area contributed by atoms with Crippen LogP contribution >= 0.6 is 0 Å². The SMILES string of the molecule is Nc1ccc(C2CCNCC2)nc1C1=CCCCC1. The Labute approximate surface area is 115 Å². The first kappa shape index (κ1) is 12.7. The van der Waals surface area contributed by atoms with Gasteiger partial charge in [0.05, 0.1) is 11.4 Å². The lowest BCUT2D eigenvalue weighted by Crippen LogP contribution is -2.27. The maximum Gasteiger partial charge on any atom is 0.0891 e. The Hall–Kier alpha value is -1.35. The molecule has 1 aliphatic heterocycles. The summed E-state index contributed by atoms with van der Waals surface area (Å²) in [6.45, 7) is 2.21. The van der Waals surface area contributed by atoms with E-state index in [1.165, 1.54) is 43.4 Å². The number of anilines is 1. The van der Waals surface area contributed by atoms with Gasteiger partial charge in [-0.15, -0.1) is 0 Å². The predicted molar refractivity (Wildman–Crippen MR) is 79.9 cm³/mol. The molecule has 0 atom stereocenters. The summed E-state index contributed by atoms with van der Waals surface area (Å²) in [5.41, 5.74) is 10.6. The quantitative estimate of drug-likeness (QED) is 0.856. The van der Waals surface area contributed by atoms with E-state index in [1.54, 1.807) is 0 Å². The van der Waals surface area contributed by atoms with Gasteiger partial charge in [0.1, 0.15) is 0 Å². The zero-order chi connectivity index (χ0) is 13.1. The van der Waals surface area contributed by atoms with E-state index in [0.717, 1.165) is 30.9 Å². The molecule has 102 valence electrons. The molecule has 3 heteroatoms. The minimum absolute atomic E-state index is 0.602. The summed E-state index contributed by atoms with van der Waals surface area (Å²) in [6, 6.07) is 4.17. The molecule has 0 spiro atoms. The van der Waals surface area contributed by atoms with Gasteiger partial charge in [0.25, 0.3) is 0 Å². The molecule has 0 radical (unpaired) electrons. The van der Waals surface area contributed by atoms with Crippen molar-refractivity contribution in [3.8, 4) is 0 Å². The van der Waals surface area contributed by atoms with Crippen LogP contribution in [0.2, 0.25) is 0 Å². The van der Waals surface area contributed by atoms with Crippen LogP contribution in [0.15, 0.2) is 18.2 Å². The fourth-order valence-corrected chi connectivity index (χ4v) is 3.14. The van der Waals surface area contributed by atoms with E-state index in [0.29, 0.717) is 5.92 Å². The van der Waals surface area contributed by atoms with E-state index < -0.39 is 0 Å². The lowest BCUT2D eigenvalue weighted by molar-refractivity contribution is 0.453. The van der Waals surface area contributed by atoms with Gasteiger partial charge in [0, 0.05) is 11.6 Å². The fourth-order valence-electron chi connectivity index (χ4n) is 3.14. The van der Waals surface area contributed by atoms with Gasteiger partial charge in [0.2, 0.25) is 0 Å². The van der Waals surface area contributed by atoms with Gasteiger partial charge >= 0.3 is 0 Å². The number of nitrogens with zero attached hydrogens (tertiary/aromatic N) is 1. The van der Waals surface area contributed by atoms with Gasteiger partial charge in [0.15, 0.2) is 0 Å². The first-order chi connectivity index (χ1) is 9.34. The minimum atomic E-state index is 0.602. The lowest BCUT2D eigenvalue weighted by Gasteiger charge is -2.23. The van der Waals surface area contributed by atoms with Crippen molar-refractivity contribution in [1.29, 1.82) is 0 Å². The Balaban J connectivity index is 1.88. The molecule has 0 bridgehead atoms. The number of allylic oxidation sites excluding steroid dienone is 2. The molecule has 0 saturated carbocycles. The molecule has 0 unspecified atom stereocenters. The predicted octanol–water partition coefficient (Wildman–Crippen LogP) is 3.09. The third-order valence-corrected chi connectivity index (χ3v) is 4.30. The fraction of sp³-hybridized carbons (Fsp3) is 0.562. The Morgan fingerprint density at radius 1 is 1.16 bits per heavy atom. The highest BCUT2D eigenvalue weighted by Crippen LogP contribution is 2.31. The van der Waals surface area contributed by atoms with E-state index in [1.807, 2.05) is 0 Å². The highest BCUT2D eigenvalue weighted by atomic mass is 14.9. The molecule has 1 aromatic rings. The second kappa shape index (κ2) is 5.74. The van der Waals surface area contributed by atoms with Gasteiger partial charge in [-0.2, -0.15) is 0 Å². The summed E-state index contributed by atoms with van der Waals surface area (Å²) in [7, 11) is 0. The number of pyridine rings is 1. The third-order valence-electron chi connectivity index (χ3n) is 4.30. The monoisotopic (exact) mass is 257 g/mol. The molecule has 19 heavy (non-hydrogen) atoms. The number of piperidine rings is 1. The van der Waals surface area contributed by atoms with E-state index >= 15 is 0 Å². The molecule has 2 aliphatic rings. The first-order valence-electron chi connectivity index (χ1n) is 7.51. The molecule has 1 fully saturated rings. The summed E-state index contributed by atoms with van der Waals surface area (Å²) in [6.07, 6.45) is 9.59. The van der Waals surface area contributed by atoms with Crippen LogP contribution in [0, 0.1) is 0 Å². The number of nitrogens with one attached hydrogen (secondary N) is 1. The van der Waals surface area contributed by atoms with Crippen molar-refractivity contribution >= 4 is 11.3 Å². The van der Waals surface area contributed by atoms with Crippen LogP contribution in [0.4, 0.5) is 5.69 Å². The van der Waals surface area contributed by atoms with Crippen molar-refractivity contribution in [3.63, 3.8) is 0 Å². The van der Waals surface area contributed by atoms with Crippen molar-refractivity contribution < 1.29 is 0 Å². The number of aromatic nitrogens is 1. The van der Waals surface area contributed by atoms with E-state index in [-0.39, 0.29) is 0 Å². The maximum atomic E-state index is 6.13. The summed E-state index contributed by atoms with van der Waals surface area (Å²) in [5.74, 6) is 0.602. The summed E-state index contributed by atoms with van der Waals surface area (Å²) < 4.78 is 0. The standard InChI is InChI=1S/C16H23N3/c17-14-6-7-15(12-8-10-18-11-9-12)19-16(14)13-4-2-1-3-5-13/h4,6-7,12,18H,1-3,5,8-11,17H2. The summed E-state index contributed by atoms with van der Waals surface area (Å²) in [5, 5.41) is 3.41. The molecule has 0 amide bonds. The molecule has 3 N–H and O–H groups in total. The zero-order valence-electron chi connectivity index (χ0n) is 11.5.